The Bertz CT molecular complexity index is 126. The zero-order valence-corrected chi connectivity index (χ0v) is 5.07. The topological polar surface area (TPSA) is 0 Å². The van der Waals surface area contributed by atoms with E-state index in [2.05, 4.69) is 17.8 Å². The maximum absolute atomic E-state index is 4.98. The Balaban J connectivity index is 2.93. The summed E-state index contributed by atoms with van der Waals surface area (Å²) in [4.78, 5) is 0. The van der Waals surface area contributed by atoms with Gasteiger partial charge in [0, 0.05) is 12.8 Å². The Morgan fingerprint density at radius 1 is 1.50 bits per heavy atom. The molecule has 0 saturated carbocycles. The molecule has 0 heteroatoms. The van der Waals surface area contributed by atoms with Crippen LogP contribution in [0.1, 0.15) is 19.8 Å². The summed E-state index contributed by atoms with van der Waals surface area (Å²) in [6, 6.07) is 0. The fourth-order valence-electron chi connectivity index (χ4n) is 0.330. The van der Waals surface area contributed by atoms with Crippen molar-refractivity contribution in [2.45, 2.75) is 19.8 Å². The highest BCUT2D eigenvalue weighted by atomic mass is 13.8. The van der Waals surface area contributed by atoms with E-state index in [9.17, 15) is 0 Å². The molecule has 0 heterocycles. The van der Waals surface area contributed by atoms with Crippen LogP contribution in [0, 0.1) is 30.6 Å². The first-order valence-corrected chi connectivity index (χ1v) is 2.56. The number of unbranched alkanes of at least 4 members (excludes halogenated alkanes) is 2. The van der Waals surface area contributed by atoms with E-state index < -0.39 is 0 Å². The van der Waals surface area contributed by atoms with E-state index in [1.54, 1.807) is 0 Å². The maximum Gasteiger partial charge on any atom is 0.0129 e. The smallest absolute Gasteiger partial charge is 0.0129 e. The van der Waals surface area contributed by atoms with Crippen molar-refractivity contribution in [3.05, 3.63) is 6.42 Å². The summed E-state index contributed by atoms with van der Waals surface area (Å²) < 4.78 is 0. The van der Waals surface area contributed by atoms with Crippen LogP contribution in [0.2, 0.25) is 0 Å². The van der Waals surface area contributed by atoms with Crippen molar-refractivity contribution >= 4 is 0 Å². The van der Waals surface area contributed by atoms with Crippen molar-refractivity contribution in [1.82, 2.24) is 0 Å². The normalized spacial score (nSPS) is 6.50. The lowest BCUT2D eigenvalue weighted by Crippen LogP contribution is -1.68. The number of terminal acetylenes is 1. The zero-order valence-electron chi connectivity index (χ0n) is 5.07. The standard InChI is InChI=1S/C8H9/c1-3-5-7-8-6-4-2/h1,7H,5,8H2,2H3. The first-order chi connectivity index (χ1) is 3.91. The third-order valence-electron chi connectivity index (χ3n) is 0.685. The summed E-state index contributed by atoms with van der Waals surface area (Å²) in [6.07, 6.45) is 8.51. The first kappa shape index (κ1) is 7.12. The van der Waals surface area contributed by atoms with Gasteiger partial charge in [-0.1, -0.05) is 0 Å². The average molecular weight is 105 g/mol. The second-order valence-electron chi connectivity index (χ2n) is 1.33. The minimum Gasteiger partial charge on any atom is -0.120 e. The van der Waals surface area contributed by atoms with Crippen molar-refractivity contribution in [3.63, 3.8) is 0 Å². The molecule has 0 aromatic rings. The van der Waals surface area contributed by atoms with Crippen LogP contribution in [0.15, 0.2) is 0 Å². The van der Waals surface area contributed by atoms with E-state index in [-0.39, 0.29) is 0 Å². The van der Waals surface area contributed by atoms with E-state index in [1.165, 1.54) is 0 Å². The summed E-state index contributed by atoms with van der Waals surface area (Å²) in [5.41, 5.74) is 0. The lowest BCUT2D eigenvalue weighted by Gasteiger charge is -1.80. The van der Waals surface area contributed by atoms with Crippen LogP contribution in [0.3, 0.4) is 0 Å². The molecule has 0 aliphatic heterocycles. The predicted octanol–water partition coefficient (Wildman–Crippen LogP) is 1.63. The summed E-state index contributed by atoms with van der Waals surface area (Å²) in [5, 5.41) is 0. The molecule has 8 heavy (non-hydrogen) atoms. The Morgan fingerprint density at radius 2 is 2.25 bits per heavy atom. The van der Waals surface area contributed by atoms with E-state index in [1.807, 2.05) is 13.3 Å². The van der Waals surface area contributed by atoms with Gasteiger partial charge < -0.3 is 0 Å². The summed E-state index contributed by atoms with van der Waals surface area (Å²) in [5.74, 6) is 8.16. The van der Waals surface area contributed by atoms with Gasteiger partial charge in [-0.2, -0.15) is 0 Å². The molecule has 0 aliphatic carbocycles. The monoisotopic (exact) mass is 105 g/mol. The molecule has 0 aromatic heterocycles. The Labute approximate surface area is 51.3 Å². The Kier molecular flexibility index (Phi) is 5.45. The zero-order chi connectivity index (χ0) is 6.24. The van der Waals surface area contributed by atoms with Crippen LogP contribution >= 0.6 is 0 Å². The molecule has 0 atom stereocenters. The molecule has 0 aliphatic rings. The molecule has 0 spiro atoms. The molecule has 1 radical (unpaired) electrons. The average Bonchev–Trinajstić information content (AvgIpc) is 1.81. The van der Waals surface area contributed by atoms with Gasteiger partial charge in [0.25, 0.3) is 0 Å². The molecule has 0 bridgehead atoms. The molecule has 0 unspecified atom stereocenters. The number of hydrogen-bond acceptors (Lipinski definition) is 0. The number of hydrogen-bond donors (Lipinski definition) is 0. The van der Waals surface area contributed by atoms with Crippen LogP contribution in [0.4, 0.5) is 0 Å². The van der Waals surface area contributed by atoms with Crippen molar-refractivity contribution in [2.24, 2.45) is 0 Å². The highest BCUT2D eigenvalue weighted by molar-refractivity contribution is 5.02. The van der Waals surface area contributed by atoms with Crippen LogP contribution in [-0.4, -0.2) is 0 Å². The fraction of sp³-hybridized carbons (Fsp3) is 0.375. The van der Waals surface area contributed by atoms with Gasteiger partial charge in [-0.15, -0.1) is 24.2 Å². The molecule has 0 nitrogen and oxygen atoms in total. The molecule has 0 fully saturated rings. The quantitative estimate of drug-likeness (QED) is 0.370. The van der Waals surface area contributed by atoms with E-state index in [0.717, 1.165) is 12.8 Å². The van der Waals surface area contributed by atoms with Crippen molar-refractivity contribution in [3.8, 4) is 24.2 Å². The minimum atomic E-state index is 0.731. The molecular weight excluding hydrogens is 96.1 g/mol. The highest BCUT2D eigenvalue weighted by Crippen LogP contribution is 1.87. The first-order valence-electron chi connectivity index (χ1n) is 2.56. The van der Waals surface area contributed by atoms with Gasteiger partial charge in [0.2, 0.25) is 0 Å². The van der Waals surface area contributed by atoms with Crippen molar-refractivity contribution in [2.75, 3.05) is 0 Å². The van der Waals surface area contributed by atoms with Gasteiger partial charge in [-0.3, -0.25) is 0 Å². The van der Waals surface area contributed by atoms with Gasteiger partial charge in [0.1, 0.15) is 0 Å². The van der Waals surface area contributed by atoms with Crippen LogP contribution < -0.4 is 0 Å². The van der Waals surface area contributed by atoms with Gasteiger partial charge in [-0.05, 0) is 13.3 Å². The third kappa shape index (κ3) is 5.12. The molecule has 0 rings (SSSR count). The van der Waals surface area contributed by atoms with Crippen molar-refractivity contribution in [1.29, 1.82) is 0 Å². The number of rotatable bonds is 2. The Morgan fingerprint density at radius 3 is 2.75 bits per heavy atom. The lowest BCUT2D eigenvalue weighted by molar-refractivity contribution is 1.16. The molecule has 0 aromatic carbocycles. The van der Waals surface area contributed by atoms with Gasteiger partial charge in [-0.25, -0.2) is 0 Å². The van der Waals surface area contributed by atoms with Crippen LogP contribution in [0.5, 0.6) is 0 Å². The highest BCUT2D eigenvalue weighted by Gasteiger charge is 1.76. The molecule has 0 N–H and O–H groups in total. The second kappa shape index (κ2) is 6.12. The van der Waals surface area contributed by atoms with Crippen LogP contribution in [-0.2, 0) is 0 Å². The second-order valence-corrected chi connectivity index (χ2v) is 1.33. The summed E-state index contributed by atoms with van der Waals surface area (Å²) in [6.45, 7) is 1.82. The van der Waals surface area contributed by atoms with E-state index >= 15 is 0 Å². The SMILES string of the molecule is C#CC[CH]CC#CC. The van der Waals surface area contributed by atoms with Gasteiger partial charge in [0.05, 0.1) is 0 Å². The maximum atomic E-state index is 4.98. The largest absolute Gasteiger partial charge is 0.120 e. The van der Waals surface area contributed by atoms with E-state index in [4.69, 9.17) is 6.42 Å². The molecule has 0 amide bonds. The van der Waals surface area contributed by atoms with Crippen molar-refractivity contribution < 1.29 is 0 Å². The van der Waals surface area contributed by atoms with E-state index in [0.29, 0.717) is 0 Å². The third-order valence-corrected chi connectivity index (χ3v) is 0.685. The molecule has 41 valence electrons. The fourth-order valence-corrected chi connectivity index (χ4v) is 0.330. The minimum absolute atomic E-state index is 0.731. The summed E-state index contributed by atoms with van der Waals surface area (Å²) in [7, 11) is 0. The molecular formula is C8H9. The predicted molar refractivity (Wildman–Crippen MR) is 35.8 cm³/mol. The lowest BCUT2D eigenvalue weighted by atomic mass is 10.2. The van der Waals surface area contributed by atoms with Gasteiger partial charge >= 0.3 is 0 Å². The van der Waals surface area contributed by atoms with Gasteiger partial charge in [0.15, 0.2) is 0 Å². The Hall–Kier alpha value is -0.880. The molecule has 0 saturated heterocycles. The van der Waals surface area contributed by atoms with Crippen LogP contribution in [0.25, 0.3) is 0 Å². The summed E-state index contributed by atoms with van der Waals surface area (Å²) >= 11 is 0.